The highest BCUT2D eigenvalue weighted by Gasteiger charge is 2.36. The SMILES string of the molecule is CCOC(=O)C(NCC(C)C)C1CC1. The second kappa shape index (κ2) is 5.35. The molecule has 1 saturated carbocycles. The van der Waals surface area contributed by atoms with Gasteiger partial charge in [-0.15, -0.1) is 0 Å². The lowest BCUT2D eigenvalue weighted by Crippen LogP contribution is -2.41. The van der Waals surface area contributed by atoms with E-state index in [1.165, 1.54) is 0 Å². The van der Waals surface area contributed by atoms with Crippen molar-refractivity contribution in [3.8, 4) is 0 Å². The van der Waals surface area contributed by atoms with Crippen LogP contribution in [0.4, 0.5) is 0 Å². The van der Waals surface area contributed by atoms with Crippen molar-refractivity contribution in [2.24, 2.45) is 11.8 Å². The zero-order valence-corrected chi connectivity index (χ0v) is 9.38. The Morgan fingerprint density at radius 1 is 1.50 bits per heavy atom. The molecule has 0 aromatic rings. The molecule has 1 aliphatic rings. The Bertz CT molecular complexity index is 188. The first kappa shape index (κ1) is 11.5. The van der Waals surface area contributed by atoms with E-state index >= 15 is 0 Å². The summed E-state index contributed by atoms with van der Waals surface area (Å²) < 4.78 is 5.04. The average Bonchev–Trinajstić information content (AvgIpc) is 2.88. The van der Waals surface area contributed by atoms with Crippen LogP contribution in [-0.4, -0.2) is 25.2 Å². The molecule has 14 heavy (non-hydrogen) atoms. The molecule has 0 heterocycles. The standard InChI is InChI=1S/C11H21NO2/c1-4-14-11(13)10(9-5-6-9)12-7-8(2)3/h8-10,12H,4-7H2,1-3H3. The highest BCUT2D eigenvalue weighted by molar-refractivity contribution is 5.76. The third-order valence-electron chi connectivity index (χ3n) is 2.38. The smallest absolute Gasteiger partial charge is 0.323 e. The quantitative estimate of drug-likeness (QED) is 0.660. The summed E-state index contributed by atoms with van der Waals surface area (Å²) in [6.07, 6.45) is 2.32. The molecule has 0 aliphatic heterocycles. The Kier molecular flexibility index (Phi) is 4.39. The van der Waals surface area contributed by atoms with Crippen molar-refractivity contribution < 1.29 is 9.53 Å². The second-order valence-corrected chi connectivity index (χ2v) is 4.37. The molecule has 3 nitrogen and oxygen atoms in total. The first-order valence-corrected chi connectivity index (χ1v) is 5.55. The highest BCUT2D eigenvalue weighted by Crippen LogP contribution is 2.33. The van der Waals surface area contributed by atoms with Crippen LogP contribution in [0.15, 0.2) is 0 Å². The van der Waals surface area contributed by atoms with Crippen LogP contribution >= 0.6 is 0 Å². The molecule has 1 unspecified atom stereocenters. The Balaban J connectivity index is 2.34. The summed E-state index contributed by atoms with van der Waals surface area (Å²) >= 11 is 0. The van der Waals surface area contributed by atoms with E-state index in [2.05, 4.69) is 19.2 Å². The summed E-state index contributed by atoms with van der Waals surface area (Å²) in [7, 11) is 0. The van der Waals surface area contributed by atoms with E-state index in [9.17, 15) is 4.79 Å². The van der Waals surface area contributed by atoms with Crippen molar-refractivity contribution in [3.05, 3.63) is 0 Å². The van der Waals surface area contributed by atoms with Gasteiger partial charge in [-0.05, 0) is 38.1 Å². The summed E-state index contributed by atoms with van der Waals surface area (Å²) in [5, 5.41) is 3.29. The van der Waals surface area contributed by atoms with Crippen molar-refractivity contribution in [2.45, 2.75) is 39.7 Å². The molecular formula is C11H21NO2. The van der Waals surface area contributed by atoms with Gasteiger partial charge in [-0.1, -0.05) is 13.8 Å². The van der Waals surface area contributed by atoms with E-state index in [1.807, 2.05) is 6.92 Å². The van der Waals surface area contributed by atoms with E-state index in [0.717, 1.165) is 19.4 Å². The van der Waals surface area contributed by atoms with E-state index in [0.29, 0.717) is 18.4 Å². The third-order valence-corrected chi connectivity index (χ3v) is 2.38. The van der Waals surface area contributed by atoms with Crippen molar-refractivity contribution in [2.75, 3.05) is 13.2 Å². The zero-order chi connectivity index (χ0) is 10.6. The minimum absolute atomic E-state index is 0.0580. The molecule has 1 rings (SSSR count). The maximum absolute atomic E-state index is 11.6. The molecule has 1 fully saturated rings. The van der Waals surface area contributed by atoms with Gasteiger partial charge in [0.25, 0.3) is 0 Å². The van der Waals surface area contributed by atoms with Gasteiger partial charge in [0.1, 0.15) is 6.04 Å². The van der Waals surface area contributed by atoms with Gasteiger partial charge in [-0.2, -0.15) is 0 Å². The molecule has 3 heteroatoms. The maximum Gasteiger partial charge on any atom is 0.323 e. The predicted molar refractivity (Wildman–Crippen MR) is 56.0 cm³/mol. The Hall–Kier alpha value is -0.570. The first-order chi connectivity index (χ1) is 6.65. The van der Waals surface area contributed by atoms with Crippen LogP contribution in [0.2, 0.25) is 0 Å². The Morgan fingerprint density at radius 2 is 2.14 bits per heavy atom. The lowest BCUT2D eigenvalue weighted by molar-refractivity contribution is -0.146. The number of esters is 1. The van der Waals surface area contributed by atoms with Gasteiger partial charge in [0.05, 0.1) is 6.61 Å². The van der Waals surface area contributed by atoms with E-state index in [1.54, 1.807) is 0 Å². The zero-order valence-electron chi connectivity index (χ0n) is 9.38. The molecule has 82 valence electrons. The summed E-state index contributed by atoms with van der Waals surface area (Å²) in [5.41, 5.74) is 0. The number of hydrogen-bond acceptors (Lipinski definition) is 3. The maximum atomic E-state index is 11.6. The van der Waals surface area contributed by atoms with Crippen LogP contribution in [0.3, 0.4) is 0 Å². The lowest BCUT2D eigenvalue weighted by atomic mass is 10.1. The number of carbonyl (C=O) groups excluding carboxylic acids is 1. The molecular weight excluding hydrogens is 178 g/mol. The minimum atomic E-state index is -0.0735. The summed E-state index contributed by atoms with van der Waals surface area (Å²) in [5.74, 6) is 1.02. The van der Waals surface area contributed by atoms with Gasteiger partial charge in [0.2, 0.25) is 0 Å². The molecule has 1 aliphatic carbocycles. The van der Waals surface area contributed by atoms with Crippen LogP contribution in [-0.2, 0) is 9.53 Å². The molecule has 0 spiro atoms. The van der Waals surface area contributed by atoms with Crippen molar-refractivity contribution >= 4 is 5.97 Å². The van der Waals surface area contributed by atoms with E-state index < -0.39 is 0 Å². The monoisotopic (exact) mass is 199 g/mol. The summed E-state index contributed by atoms with van der Waals surface area (Å²) in [6.45, 7) is 7.50. The van der Waals surface area contributed by atoms with Gasteiger partial charge >= 0.3 is 5.97 Å². The third kappa shape index (κ3) is 3.66. The fourth-order valence-electron chi connectivity index (χ4n) is 1.47. The number of ether oxygens (including phenoxy) is 1. The largest absolute Gasteiger partial charge is 0.465 e. The van der Waals surface area contributed by atoms with E-state index in [-0.39, 0.29) is 12.0 Å². The molecule has 0 aromatic heterocycles. The number of nitrogens with one attached hydrogen (secondary N) is 1. The number of carbonyl (C=O) groups is 1. The van der Waals surface area contributed by atoms with Gasteiger partial charge < -0.3 is 10.1 Å². The van der Waals surface area contributed by atoms with Gasteiger partial charge in [0, 0.05) is 0 Å². The van der Waals surface area contributed by atoms with Crippen LogP contribution in [0.5, 0.6) is 0 Å². The van der Waals surface area contributed by atoms with Crippen molar-refractivity contribution in [1.29, 1.82) is 0 Å². The van der Waals surface area contributed by atoms with Crippen LogP contribution in [0, 0.1) is 11.8 Å². The molecule has 0 radical (unpaired) electrons. The number of rotatable bonds is 6. The second-order valence-electron chi connectivity index (χ2n) is 4.37. The van der Waals surface area contributed by atoms with Crippen LogP contribution in [0.1, 0.15) is 33.6 Å². The summed E-state index contributed by atoms with van der Waals surface area (Å²) in [6, 6.07) is -0.0580. The molecule has 0 bridgehead atoms. The van der Waals surface area contributed by atoms with Crippen LogP contribution < -0.4 is 5.32 Å². The normalized spacial score (nSPS) is 18.3. The van der Waals surface area contributed by atoms with Gasteiger partial charge in [-0.25, -0.2) is 0 Å². The first-order valence-electron chi connectivity index (χ1n) is 5.55. The highest BCUT2D eigenvalue weighted by atomic mass is 16.5. The number of hydrogen-bond donors (Lipinski definition) is 1. The fourth-order valence-corrected chi connectivity index (χ4v) is 1.47. The van der Waals surface area contributed by atoms with Gasteiger partial charge in [-0.3, -0.25) is 4.79 Å². The van der Waals surface area contributed by atoms with Crippen molar-refractivity contribution in [1.82, 2.24) is 5.32 Å². The molecule has 0 saturated heterocycles. The van der Waals surface area contributed by atoms with E-state index in [4.69, 9.17) is 4.74 Å². The topological polar surface area (TPSA) is 38.3 Å². The Labute approximate surface area is 86.2 Å². The fraction of sp³-hybridized carbons (Fsp3) is 0.909. The minimum Gasteiger partial charge on any atom is -0.465 e. The van der Waals surface area contributed by atoms with Crippen molar-refractivity contribution in [3.63, 3.8) is 0 Å². The summed E-state index contributed by atoms with van der Waals surface area (Å²) in [4.78, 5) is 11.6. The molecule has 1 atom stereocenters. The predicted octanol–water partition coefficient (Wildman–Crippen LogP) is 1.57. The molecule has 1 N–H and O–H groups in total. The average molecular weight is 199 g/mol. The van der Waals surface area contributed by atoms with Crippen LogP contribution in [0.25, 0.3) is 0 Å². The molecule has 0 amide bonds. The van der Waals surface area contributed by atoms with Gasteiger partial charge in [0.15, 0.2) is 0 Å². The molecule has 0 aromatic carbocycles. The Morgan fingerprint density at radius 3 is 2.57 bits per heavy atom. The lowest BCUT2D eigenvalue weighted by Gasteiger charge is -2.17.